The number of methoxy groups -OCH3 is 1. The lowest BCUT2D eigenvalue weighted by Crippen LogP contribution is -2.29. The van der Waals surface area contributed by atoms with Gasteiger partial charge in [0, 0.05) is 0 Å². The van der Waals surface area contributed by atoms with E-state index in [1.807, 2.05) is 0 Å². The SMILES string of the molecule is COC(=O)[C@H](C)[C@H](O)CO. The molecule has 0 aliphatic carbocycles. The lowest BCUT2D eigenvalue weighted by molar-refractivity contribution is -0.149. The van der Waals surface area contributed by atoms with Crippen molar-refractivity contribution in [2.45, 2.75) is 13.0 Å². The van der Waals surface area contributed by atoms with Crippen LogP contribution in [0.5, 0.6) is 0 Å². The van der Waals surface area contributed by atoms with Crippen LogP contribution in [-0.4, -0.2) is 36.0 Å². The van der Waals surface area contributed by atoms with Gasteiger partial charge in [-0.1, -0.05) is 0 Å². The predicted molar refractivity (Wildman–Crippen MR) is 34.3 cm³/mol. The largest absolute Gasteiger partial charge is 0.469 e. The van der Waals surface area contributed by atoms with Gasteiger partial charge >= 0.3 is 5.97 Å². The van der Waals surface area contributed by atoms with Gasteiger partial charge in [-0.25, -0.2) is 0 Å². The fourth-order valence-corrected chi connectivity index (χ4v) is 0.501. The highest BCUT2D eigenvalue weighted by molar-refractivity contribution is 5.72. The highest BCUT2D eigenvalue weighted by Gasteiger charge is 2.21. The highest BCUT2D eigenvalue weighted by Crippen LogP contribution is 2.03. The number of ether oxygens (including phenoxy) is 1. The van der Waals surface area contributed by atoms with Gasteiger partial charge in [0.2, 0.25) is 0 Å². The van der Waals surface area contributed by atoms with E-state index >= 15 is 0 Å². The second kappa shape index (κ2) is 4.24. The molecule has 0 aromatic rings. The molecule has 0 aromatic carbocycles. The van der Waals surface area contributed by atoms with E-state index in [1.165, 1.54) is 14.0 Å². The second-order valence-electron chi connectivity index (χ2n) is 2.06. The highest BCUT2D eigenvalue weighted by atomic mass is 16.5. The first kappa shape index (κ1) is 9.39. The average Bonchev–Trinajstić information content (AvgIpc) is 2.00. The molecule has 0 unspecified atom stereocenters. The third kappa shape index (κ3) is 2.33. The average molecular weight is 148 g/mol. The smallest absolute Gasteiger partial charge is 0.311 e. The number of aliphatic hydroxyl groups is 2. The number of rotatable bonds is 3. The Labute approximate surface area is 59.4 Å². The van der Waals surface area contributed by atoms with Crippen LogP contribution < -0.4 is 0 Å². The van der Waals surface area contributed by atoms with Gasteiger partial charge in [0.05, 0.1) is 25.7 Å². The van der Waals surface area contributed by atoms with Crippen LogP contribution in [0.4, 0.5) is 0 Å². The van der Waals surface area contributed by atoms with Crippen molar-refractivity contribution >= 4 is 5.97 Å². The number of aliphatic hydroxyl groups excluding tert-OH is 2. The molecule has 0 radical (unpaired) electrons. The Morgan fingerprint density at radius 2 is 2.20 bits per heavy atom. The van der Waals surface area contributed by atoms with E-state index in [4.69, 9.17) is 10.2 Å². The molecular formula is C6H12O4. The quantitative estimate of drug-likeness (QED) is 0.511. The van der Waals surface area contributed by atoms with Crippen molar-refractivity contribution in [2.24, 2.45) is 5.92 Å². The van der Waals surface area contributed by atoms with Gasteiger partial charge in [-0.3, -0.25) is 4.79 Å². The van der Waals surface area contributed by atoms with E-state index in [0.29, 0.717) is 0 Å². The first-order valence-corrected chi connectivity index (χ1v) is 3.00. The van der Waals surface area contributed by atoms with Crippen molar-refractivity contribution in [1.82, 2.24) is 0 Å². The molecule has 0 spiro atoms. The van der Waals surface area contributed by atoms with Crippen LogP contribution in [0.1, 0.15) is 6.92 Å². The van der Waals surface area contributed by atoms with Crippen LogP contribution in [-0.2, 0) is 9.53 Å². The van der Waals surface area contributed by atoms with Crippen LogP contribution in [0.3, 0.4) is 0 Å². The number of hydrogen-bond donors (Lipinski definition) is 2. The maximum Gasteiger partial charge on any atom is 0.311 e. The van der Waals surface area contributed by atoms with E-state index in [2.05, 4.69) is 4.74 Å². The molecule has 4 heteroatoms. The van der Waals surface area contributed by atoms with Crippen molar-refractivity contribution in [1.29, 1.82) is 0 Å². The molecule has 2 atom stereocenters. The summed E-state index contributed by atoms with van der Waals surface area (Å²) in [5, 5.41) is 17.3. The summed E-state index contributed by atoms with van der Waals surface area (Å²) in [7, 11) is 1.24. The van der Waals surface area contributed by atoms with Crippen molar-refractivity contribution in [3.63, 3.8) is 0 Å². The third-order valence-corrected chi connectivity index (χ3v) is 1.34. The van der Waals surface area contributed by atoms with Gasteiger partial charge in [-0.2, -0.15) is 0 Å². The van der Waals surface area contributed by atoms with E-state index in [9.17, 15) is 4.79 Å². The van der Waals surface area contributed by atoms with Gasteiger partial charge in [-0.05, 0) is 6.92 Å². The molecular weight excluding hydrogens is 136 g/mol. The van der Waals surface area contributed by atoms with Crippen LogP contribution >= 0.6 is 0 Å². The number of hydrogen-bond acceptors (Lipinski definition) is 4. The number of carbonyl (C=O) groups is 1. The lowest BCUT2D eigenvalue weighted by atomic mass is 10.1. The minimum Gasteiger partial charge on any atom is -0.469 e. The zero-order valence-corrected chi connectivity index (χ0v) is 6.07. The van der Waals surface area contributed by atoms with Gasteiger partial charge in [0.1, 0.15) is 0 Å². The molecule has 0 aliphatic rings. The summed E-state index contributed by atoms with van der Waals surface area (Å²) < 4.78 is 4.32. The summed E-state index contributed by atoms with van der Waals surface area (Å²) in [5.74, 6) is -1.17. The molecule has 0 aliphatic heterocycles. The molecule has 0 amide bonds. The Bertz CT molecular complexity index is 112. The molecule has 2 N–H and O–H groups in total. The normalized spacial score (nSPS) is 16.0. The topological polar surface area (TPSA) is 66.8 Å². The maximum absolute atomic E-state index is 10.6. The van der Waals surface area contributed by atoms with E-state index < -0.39 is 24.6 Å². The summed E-state index contributed by atoms with van der Waals surface area (Å²) in [5.41, 5.74) is 0. The standard InChI is InChI=1S/C6H12O4/c1-4(5(8)3-7)6(9)10-2/h4-5,7-8H,3H2,1-2H3/t4-,5-/m1/s1. The minimum atomic E-state index is -1.02. The molecule has 0 saturated carbocycles. The predicted octanol–water partition coefficient (Wildman–Crippen LogP) is -0.851. The van der Waals surface area contributed by atoms with E-state index in [-0.39, 0.29) is 0 Å². The van der Waals surface area contributed by atoms with Crippen LogP contribution in [0, 0.1) is 5.92 Å². The second-order valence-corrected chi connectivity index (χ2v) is 2.06. The molecule has 0 rings (SSSR count). The van der Waals surface area contributed by atoms with Crippen molar-refractivity contribution in [2.75, 3.05) is 13.7 Å². The molecule has 60 valence electrons. The van der Waals surface area contributed by atoms with E-state index in [0.717, 1.165) is 0 Å². The monoisotopic (exact) mass is 148 g/mol. The first-order chi connectivity index (χ1) is 4.63. The van der Waals surface area contributed by atoms with Crippen molar-refractivity contribution in [3.05, 3.63) is 0 Å². The van der Waals surface area contributed by atoms with Crippen molar-refractivity contribution in [3.8, 4) is 0 Å². The summed E-state index contributed by atoms with van der Waals surface area (Å²) >= 11 is 0. The maximum atomic E-state index is 10.6. The summed E-state index contributed by atoms with van der Waals surface area (Å²) in [6.07, 6.45) is -1.02. The van der Waals surface area contributed by atoms with Gasteiger partial charge in [0.25, 0.3) is 0 Å². The Morgan fingerprint density at radius 3 is 2.50 bits per heavy atom. The molecule has 0 saturated heterocycles. The van der Waals surface area contributed by atoms with Gasteiger partial charge in [-0.15, -0.1) is 0 Å². The Balaban J connectivity index is 3.81. The van der Waals surface area contributed by atoms with E-state index in [1.54, 1.807) is 0 Å². The number of esters is 1. The molecule has 0 aromatic heterocycles. The molecule has 4 nitrogen and oxygen atoms in total. The summed E-state index contributed by atoms with van der Waals surface area (Å²) in [6.45, 7) is 1.07. The van der Waals surface area contributed by atoms with Crippen molar-refractivity contribution < 1.29 is 19.7 Å². The molecule has 0 fully saturated rings. The fourth-order valence-electron chi connectivity index (χ4n) is 0.501. The molecule has 0 heterocycles. The number of carbonyl (C=O) groups excluding carboxylic acids is 1. The molecule has 0 bridgehead atoms. The van der Waals surface area contributed by atoms with Crippen LogP contribution in [0.15, 0.2) is 0 Å². The first-order valence-electron chi connectivity index (χ1n) is 3.00. The third-order valence-electron chi connectivity index (χ3n) is 1.34. The Kier molecular flexibility index (Phi) is 3.99. The van der Waals surface area contributed by atoms with Gasteiger partial charge in [0.15, 0.2) is 0 Å². The Hall–Kier alpha value is -0.610. The zero-order chi connectivity index (χ0) is 8.15. The molecule has 10 heavy (non-hydrogen) atoms. The van der Waals surface area contributed by atoms with Crippen LogP contribution in [0.25, 0.3) is 0 Å². The Morgan fingerprint density at radius 1 is 1.70 bits per heavy atom. The summed E-state index contributed by atoms with van der Waals surface area (Å²) in [6, 6.07) is 0. The summed E-state index contributed by atoms with van der Waals surface area (Å²) in [4.78, 5) is 10.6. The zero-order valence-electron chi connectivity index (χ0n) is 6.07. The van der Waals surface area contributed by atoms with Crippen LogP contribution in [0.2, 0.25) is 0 Å². The lowest BCUT2D eigenvalue weighted by Gasteiger charge is -2.12. The van der Waals surface area contributed by atoms with Gasteiger partial charge < -0.3 is 14.9 Å². The minimum absolute atomic E-state index is 0.420. The fraction of sp³-hybridized carbons (Fsp3) is 0.833.